The number of nitrogens with zero attached hydrogens (tertiary/aromatic N) is 1. The lowest BCUT2D eigenvalue weighted by molar-refractivity contribution is -0.137. The monoisotopic (exact) mass is 529 g/mol. The molecule has 0 radical (unpaired) electrons. The molecule has 198 valence electrons. The Balaban J connectivity index is 1.16. The molecule has 0 spiro atoms. The molecule has 0 aromatic carbocycles. The lowest BCUT2D eigenvalue weighted by Gasteiger charge is -2.45. The van der Waals surface area contributed by atoms with Crippen LogP contribution in [0.3, 0.4) is 0 Å². The highest BCUT2D eigenvalue weighted by Crippen LogP contribution is 2.38. The first-order valence-corrected chi connectivity index (χ1v) is 14.5. The number of alkyl halides is 1. The zero-order valence-corrected chi connectivity index (χ0v) is 22.3. The fourth-order valence-corrected chi connectivity index (χ4v) is 8.35. The van der Waals surface area contributed by atoms with E-state index in [4.69, 9.17) is 21.1 Å². The Hall–Kier alpha value is -0.620. The molecule has 5 fully saturated rings. The molecule has 5 aliphatic rings. The van der Waals surface area contributed by atoms with Gasteiger partial charge in [0.2, 0.25) is 11.8 Å². The number of fused-ring (bicyclic) bond motifs is 1. The van der Waals surface area contributed by atoms with E-state index in [0.717, 1.165) is 32.2 Å². The van der Waals surface area contributed by atoms with Crippen LogP contribution in [0.2, 0.25) is 0 Å². The van der Waals surface area contributed by atoms with Gasteiger partial charge in [0.25, 0.3) is 0 Å². The number of methoxy groups -OCH3 is 1. The van der Waals surface area contributed by atoms with Crippen molar-refractivity contribution in [1.82, 2.24) is 26.2 Å². The topological polar surface area (TPSA) is 104 Å². The first-order valence-electron chi connectivity index (χ1n) is 13.1. The molecule has 35 heavy (non-hydrogen) atoms. The fourth-order valence-electron chi connectivity index (χ4n) is 6.65. The van der Waals surface area contributed by atoms with Crippen LogP contribution in [-0.2, 0) is 19.1 Å². The first kappa shape index (κ1) is 26.0. The molecule has 5 rings (SSSR count). The molecule has 0 aliphatic carbocycles. The van der Waals surface area contributed by atoms with Gasteiger partial charge in [-0.05, 0) is 44.4 Å². The number of ether oxygens (including phenoxy) is 2. The molecule has 9 atom stereocenters. The number of rotatable bonds is 5. The second-order valence-electron chi connectivity index (χ2n) is 10.8. The van der Waals surface area contributed by atoms with E-state index in [1.54, 1.807) is 18.9 Å². The smallest absolute Gasteiger partial charge is 0.226 e. The van der Waals surface area contributed by atoms with Crippen LogP contribution in [0.1, 0.15) is 32.6 Å². The number of hydrogen-bond donors (Lipinski definition) is 4. The van der Waals surface area contributed by atoms with Gasteiger partial charge in [-0.15, -0.1) is 23.4 Å². The van der Waals surface area contributed by atoms with E-state index in [-0.39, 0.29) is 58.6 Å². The molecule has 0 aromatic rings. The van der Waals surface area contributed by atoms with Crippen LogP contribution in [0.4, 0.5) is 0 Å². The van der Waals surface area contributed by atoms with E-state index < -0.39 is 0 Å². The molecule has 9 nitrogen and oxygen atoms in total. The number of piperidine rings is 2. The highest BCUT2D eigenvalue weighted by molar-refractivity contribution is 8.00. The summed E-state index contributed by atoms with van der Waals surface area (Å²) in [5.41, 5.74) is -0.205. The van der Waals surface area contributed by atoms with Gasteiger partial charge in [-0.1, -0.05) is 0 Å². The van der Waals surface area contributed by atoms with Crippen molar-refractivity contribution in [2.45, 2.75) is 67.0 Å². The third-order valence-electron chi connectivity index (χ3n) is 8.61. The minimum Gasteiger partial charge on any atom is -0.381 e. The summed E-state index contributed by atoms with van der Waals surface area (Å²) in [7, 11) is 1.75. The molecule has 11 heteroatoms. The van der Waals surface area contributed by atoms with Gasteiger partial charge in [0.1, 0.15) is 5.50 Å². The minimum atomic E-state index is -0.121. The molecular weight excluding hydrogens is 490 g/mol. The van der Waals surface area contributed by atoms with E-state index in [0.29, 0.717) is 44.1 Å². The van der Waals surface area contributed by atoms with E-state index in [1.165, 1.54) is 0 Å². The van der Waals surface area contributed by atoms with E-state index >= 15 is 0 Å². The number of carbonyl (C=O) groups excluding carboxylic acids is 2. The van der Waals surface area contributed by atoms with Crippen molar-refractivity contribution < 1.29 is 19.1 Å². The Bertz CT molecular complexity index is 760. The van der Waals surface area contributed by atoms with Crippen LogP contribution in [-0.4, -0.2) is 97.7 Å². The van der Waals surface area contributed by atoms with Crippen molar-refractivity contribution in [2.75, 3.05) is 46.5 Å². The Labute approximate surface area is 217 Å². The zero-order valence-electron chi connectivity index (χ0n) is 20.7. The first-order chi connectivity index (χ1) is 16.9. The molecule has 0 saturated carbocycles. The molecule has 5 saturated heterocycles. The van der Waals surface area contributed by atoms with E-state index in [9.17, 15) is 9.59 Å². The SMILES string of the molecule is COC1CNC(Cl)CC1C1CC(C)NCC1C(=O)NC1NC2CN(C(=O)C3CCOCC3)CC2S1. The van der Waals surface area contributed by atoms with Crippen LogP contribution in [0.5, 0.6) is 0 Å². The van der Waals surface area contributed by atoms with Crippen LogP contribution in [0, 0.1) is 23.7 Å². The molecular formula is C24H40ClN5O4S. The molecule has 5 aliphatic heterocycles. The predicted octanol–water partition coefficient (Wildman–Crippen LogP) is 0.532. The summed E-state index contributed by atoms with van der Waals surface area (Å²) in [6.07, 6.45) is 3.45. The Kier molecular flexibility index (Phi) is 8.48. The number of amides is 2. The molecule has 9 unspecified atom stereocenters. The normalized spacial score (nSPS) is 42.6. The summed E-state index contributed by atoms with van der Waals surface area (Å²) in [4.78, 5) is 28.4. The largest absolute Gasteiger partial charge is 0.381 e. The number of nitrogens with one attached hydrogen (secondary N) is 4. The van der Waals surface area contributed by atoms with Crippen molar-refractivity contribution in [3.05, 3.63) is 0 Å². The predicted molar refractivity (Wildman–Crippen MR) is 136 cm³/mol. The average molecular weight is 530 g/mol. The number of carbonyl (C=O) groups is 2. The maximum absolute atomic E-state index is 13.5. The number of halogens is 1. The van der Waals surface area contributed by atoms with Gasteiger partial charge in [-0.3, -0.25) is 20.2 Å². The van der Waals surface area contributed by atoms with Gasteiger partial charge in [0.15, 0.2) is 0 Å². The second kappa shape index (κ2) is 11.4. The van der Waals surface area contributed by atoms with Gasteiger partial charge < -0.3 is 25.0 Å². The maximum Gasteiger partial charge on any atom is 0.226 e. The summed E-state index contributed by atoms with van der Waals surface area (Å²) < 4.78 is 11.2. The van der Waals surface area contributed by atoms with Gasteiger partial charge in [0.05, 0.1) is 17.5 Å². The summed E-state index contributed by atoms with van der Waals surface area (Å²) in [5.74, 6) is 0.803. The summed E-state index contributed by atoms with van der Waals surface area (Å²) >= 11 is 8.21. The Morgan fingerprint density at radius 3 is 2.66 bits per heavy atom. The van der Waals surface area contributed by atoms with Crippen LogP contribution in [0.25, 0.3) is 0 Å². The average Bonchev–Trinajstić information content (AvgIpc) is 3.42. The minimum absolute atomic E-state index is 0.0631. The number of hydrogen-bond acceptors (Lipinski definition) is 8. The highest BCUT2D eigenvalue weighted by atomic mass is 35.5. The zero-order chi connectivity index (χ0) is 24.5. The highest BCUT2D eigenvalue weighted by Gasteiger charge is 2.47. The second-order valence-corrected chi connectivity index (χ2v) is 12.7. The summed E-state index contributed by atoms with van der Waals surface area (Å²) in [6.45, 7) is 6.40. The fraction of sp³-hybridized carbons (Fsp3) is 0.917. The van der Waals surface area contributed by atoms with Crippen LogP contribution >= 0.6 is 23.4 Å². The maximum atomic E-state index is 13.5. The van der Waals surface area contributed by atoms with E-state index in [1.807, 2.05) is 4.90 Å². The lowest BCUT2D eigenvalue weighted by Crippen LogP contribution is -2.57. The van der Waals surface area contributed by atoms with Crippen molar-refractivity contribution >= 4 is 35.2 Å². The van der Waals surface area contributed by atoms with E-state index in [2.05, 4.69) is 28.2 Å². The molecule has 5 heterocycles. The van der Waals surface area contributed by atoms with Crippen molar-refractivity contribution in [1.29, 1.82) is 0 Å². The summed E-state index contributed by atoms with van der Waals surface area (Å²) in [5, 5.41) is 14.0. The van der Waals surface area contributed by atoms with Crippen LogP contribution in [0.15, 0.2) is 0 Å². The lowest BCUT2D eigenvalue weighted by atomic mass is 9.70. The Morgan fingerprint density at radius 1 is 1.11 bits per heavy atom. The number of thioether (sulfide) groups is 1. The summed E-state index contributed by atoms with van der Waals surface area (Å²) in [6, 6.07) is 0.580. The van der Waals surface area contributed by atoms with Crippen molar-refractivity contribution in [2.24, 2.45) is 23.7 Å². The van der Waals surface area contributed by atoms with Crippen LogP contribution < -0.4 is 21.3 Å². The van der Waals surface area contributed by atoms with Crippen molar-refractivity contribution in [3.8, 4) is 0 Å². The molecule has 0 bridgehead atoms. The molecule has 2 amide bonds. The van der Waals surface area contributed by atoms with Crippen molar-refractivity contribution in [3.63, 3.8) is 0 Å². The third kappa shape index (κ3) is 5.78. The van der Waals surface area contributed by atoms with Gasteiger partial charge >= 0.3 is 0 Å². The van der Waals surface area contributed by atoms with Gasteiger partial charge in [-0.2, -0.15) is 0 Å². The van der Waals surface area contributed by atoms with Gasteiger partial charge in [0, 0.05) is 69.8 Å². The molecule has 4 N–H and O–H groups in total. The third-order valence-corrected chi connectivity index (χ3v) is 10.3. The Morgan fingerprint density at radius 2 is 1.91 bits per heavy atom. The number of likely N-dealkylation sites (tertiary alicyclic amines) is 1. The molecule has 0 aromatic heterocycles. The standard InChI is InChI=1S/C24H40ClN5O4S/c1-13-7-15(16-8-21(25)27-10-19(16)33-2)17(9-26-13)22(31)29-24-28-18-11-30(12-20(18)35-24)23(32)14-3-5-34-6-4-14/h13-21,24,26-28H,3-12H2,1-2H3,(H,29,31). The quantitative estimate of drug-likeness (QED) is 0.302. The van der Waals surface area contributed by atoms with Gasteiger partial charge in [-0.25, -0.2) is 0 Å².